The van der Waals surface area contributed by atoms with E-state index >= 15 is 0 Å². The van der Waals surface area contributed by atoms with Crippen molar-refractivity contribution in [2.75, 3.05) is 0 Å². The third-order valence-electron chi connectivity index (χ3n) is 3.80. The highest BCUT2D eigenvalue weighted by Crippen LogP contribution is 2.28. The maximum absolute atomic E-state index is 11.6. The van der Waals surface area contributed by atoms with E-state index in [-0.39, 0.29) is 0 Å². The summed E-state index contributed by atoms with van der Waals surface area (Å²) in [7, 11) is 0. The third-order valence-corrected chi connectivity index (χ3v) is 5.00. The quantitative estimate of drug-likeness (QED) is 0.812. The van der Waals surface area contributed by atoms with E-state index in [0.717, 1.165) is 10.5 Å². The molecule has 116 valence electrons. The Balaban J connectivity index is 2.23. The molecule has 1 N–H and O–H groups in total. The summed E-state index contributed by atoms with van der Waals surface area (Å²) < 4.78 is 0. The number of benzene rings is 2. The van der Waals surface area contributed by atoms with Crippen molar-refractivity contribution in [1.82, 2.24) is 0 Å². The number of carboxylic acids is 1. The maximum atomic E-state index is 11.6. The molecule has 2 rings (SSSR count). The molecule has 0 unspecified atom stereocenters. The fraction of sp³-hybridized carbons (Fsp3) is 0.316. The first-order valence-corrected chi connectivity index (χ1v) is 8.27. The van der Waals surface area contributed by atoms with Gasteiger partial charge in [0.2, 0.25) is 0 Å². The minimum absolute atomic E-state index is 0.470. The van der Waals surface area contributed by atoms with Crippen LogP contribution in [0.2, 0.25) is 0 Å². The van der Waals surface area contributed by atoms with E-state index in [1.165, 1.54) is 34.0 Å². The van der Waals surface area contributed by atoms with Crippen LogP contribution in [-0.4, -0.2) is 16.3 Å². The maximum Gasteiger partial charge on any atom is 0.317 e. The van der Waals surface area contributed by atoms with Crippen molar-refractivity contribution in [3.05, 3.63) is 64.2 Å². The van der Waals surface area contributed by atoms with Gasteiger partial charge in [-0.05, 0) is 62.9 Å². The zero-order valence-corrected chi connectivity index (χ0v) is 14.3. The van der Waals surface area contributed by atoms with Crippen LogP contribution in [0.25, 0.3) is 0 Å². The van der Waals surface area contributed by atoms with Crippen LogP contribution in [0.5, 0.6) is 0 Å². The molecule has 2 aromatic carbocycles. The molecule has 3 heteroatoms. The zero-order valence-electron chi connectivity index (χ0n) is 13.5. The Bertz CT molecular complexity index is 651. The molecule has 0 aliphatic rings. The van der Waals surface area contributed by atoms with Crippen LogP contribution in [0.1, 0.15) is 27.8 Å². The molecule has 0 bridgehead atoms. The van der Waals surface area contributed by atoms with Crippen LogP contribution in [0.4, 0.5) is 0 Å². The predicted octanol–water partition coefficient (Wildman–Crippen LogP) is 4.71. The summed E-state index contributed by atoms with van der Waals surface area (Å²) in [5.74, 6) is -0.759. The van der Waals surface area contributed by atoms with Crippen molar-refractivity contribution in [2.24, 2.45) is 0 Å². The van der Waals surface area contributed by atoms with E-state index in [1.54, 1.807) is 0 Å². The van der Waals surface area contributed by atoms with Crippen molar-refractivity contribution in [3.8, 4) is 0 Å². The van der Waals surface area contributed by atoms with Crippen LogP contribution >= 0.6 is 11.8 Å². The number of hydrogen-bond acceptors (Lipinski definition) is 2. The summed E-state index contributed by atoms with van der Waals surface area (Å²) >= 11 is 1.42. The first-order chi connectivity index (χ1) is 10.4. The average molecular weight is 314 g/mol. The van der Waals surface area contributed by atoms with Crippen molar-refractivity contribution in [3.63, 3.8) is 0 Å². The number of thioether (sulfide) groups is 1. The summed E-state index contributed by atoms with van der Waals surface area (Å²) in [6.45, 7) is 8.22. The molecule has 1 atom stereocenters. The number of aryl methyl sites for hydroxylation is 4. The Labute approximate surface area is 136 Å². The molecule has 0 aliphatic carbocycles. The van der Waals surface area contributed by atoms with E-state index in [1.807, 2.05) is 31.2 Å². The van der Waals surface area contributed by atoms with E-state index in [2.05, 4.69) is 32.9 Å². The first-order valence-electron chi connectivity index (χ1n) is 7.39. The SMILES string of the molecule is Cc1ccc(S[C@H](Cc2c(C)cc(C)cc2C)C(=O)O)cc1. The molecule has 0 spiro atoms. The van der Waals surface area contributed by atoms with Gasteiger partial charge in [-0.15, -0.1) is 11.8 Å². The van der Waals surface area contributed by atoms with Crippen LogP contribution in [0.3, 0.4) is 0 Å². The Hall–Kier alpha value is -1.74. The Kier molecular flexibility index (Phi) is 5.30. The summed E-state index contributed by atoms with van der Waals surface area (Å²) in [6, 6.07) is 12.3. The molecule has 22 heavy (non-hydrogen) atoms. The molecular weight excluding hydrogens is 292 g/mol. The van der Waals surface area contributed by atoms with Gasteiger partial charge in [-0.25, -0.2) is 0 Å². The highest BCUT2D eigenvalue weighted by atomic mass is 32.2. The molecule has 2 nitrogen and oxygen atoms in total. The lowest BCUT2D eigenvalue weighted by Crippen LogP contribution is -2.20. The molecule has 0 saturated carbocycles. The Morgan fingerprint density at radius 2 is 1.55 bits per heavy atom. The van der Waals surface area contributed by atoms with Gasteiger partial charge in [0.05, 0.1) is 0 Å². The molecule has 2 aromatic rings. The fourth-order valence-electron chi connectivity index (χ4n) is 2.68. The predicted molar refractivity (Wildman–Crippen MR) is 92.8 cm³/mol. The molecular formula is C19H22O2S. The summed E-state index contributed by atoms with van der Waals surface area (Å²) in [5, 5.41) is 9.10. The van der Waals surface area contributed by atoms with Crippen LogP contribution in [-0.2, 0) is 11.2 Å². The lowest BCUT2D eigenvalue weighted by atomic mass is 9.96. The monoisotopic (exact) mass is 314 g/mol. The van der Waals surface area contributed by atoms with Gasteiger partial charge in [0.25, 0.3) is 0 Å². The second-order valence-electron chi connectivity index (χ2n) is 5.84. The van der Waals surface area contributed by atoms with Gasteiger partial charge in [-0.3, -0.25) is 4.79 Å². The van der Waals surface area contributed by atoms with Gasteiger partial charge < -0.3 is 5.11 Å². The third kappa shape index (κ3) is 4.14. The Morgan fingerprint density at radius 3 is 2.05 bits per heavy atom. The van der Waals surface area contributed by atoms with Gasteiger partial charge in [0.1, 0.15) is 5.25 Å². The van der Waals surface area contributed by atoms with Crippen molar-refractivity contribution in [1.29, 1.82) is 0 Å². The second-order valence-corrected chi connectivity index (χ2v) is 7.12. The van der Waals surface area contributed by atoms with Crippen molar-refractivity contribution >= 4 is 17.7 Å². The van der Waals surface area contributed by atoms with Crippen LogP contribution in [0.15, 0.2) is 41.3 Å². The molecule has 0 heterocycles. The summed E-state index contributed by atoms with van der Waals surface area (Å²) in [4.78, 5) is 12.6. The highest BCUT2D eigenvalue weighted by molar-refractivity contribution is 8.00. The van der Waals surface area contributed by atoms with E-state index < -0.39 is 11.2 Å². The molecule has 0 amide bonds. The minimum atomic E-state index is -0.759. The fourth-order valence-corrected chi connectivity index (χ4v) is 3.65. The first kappa shape index (κ1) is 16.6. The molecule has 0 aliphatic heterocycles. The van der Waals surface area contributed by atoms with Gasteiger partial charge in [-0.1, -0.05) is 35.4 Å². The number of hydrogen-bond donors (Lipinski definition) is 1. The minimum Gasteiger partial charge on any atom is -0.480 e. The number of carbonyl (C=O) groups is 1. The van der Waals surface area contributed by atoms with E-state index in [9.17, 15) is 9.90 Å². The number of rotatable bonds is 5. The van der Waals surface area contributed by atoms with Crippen molar-refractivity contribution in [2.45, 2.75) is 44.3 Å². The number of aliphatic carboxylic acids is 1. The lowest BCUT2D eigenvalue weighted by molar-refractivity contribution is -0.136. The van der Waals surface area contributed by atoms with Crippen LogP contribution < -0.4 is 0 Å². The van der Waals surface area contributed by atoms with Crippen LogP contribution in [0, 0.1) is 27.7 Å². The molecule has 0 radical (unpaired) electrons. The van der Waals surface area contributed by atoms with Gasteiger partial charge in [0.15, 0.2) is 0 Å². The standard InChI is InChI=1S/C19H22O2S/c1-12-5-7-16(8-6-12)22-18(19(20)21)11-17-14(3)9-13(2)10-15(17)4/h5-10,18H,11H2,1-4H3,(H,20,21)/t18-/m1/s1. The lowest BCUT2D eigenvalue weighted by Gasteiger charge is -2.16. The largest absolute Gasteiger partial charge is 0.480 e. The Morgan fingerprint density at radius 1 is 1.00 bits per heavy atom. The molecule has 0 aromatic heterocycles. The van der Waals surface area contributed by atoms with E-state index in [0.29, 0.717) is 6.42 Å². The zero-order chi connectivity index (χ0) is 16.3. The van der Waals surface area contributed by atoms with Crippen molar-refractivity contribution < 1.29 is 9.90 Å². The van der Waals surface area contributed by atoms with E-state index in [4.69, 9.17) is 0 Å². The van der Waals surface area contributed by atoms with Gasteiger partial charge >= 0.3 is 5.97 Å². The normalized spacial score (nSPS) is 12.2. The average Bonchev–Trinajstić information content (AvgIpc) is 2.43. The molecule has 0 saturated heterocycles. The topological polar surface area (TPSA) is 37.3 Å². The number of carboxylic acid groups (broad SMARTS) is 1. The highest BCUT2D eigenvalue weighted by Gasteiger charge is 2.21. The smallest absolute Gasteiger partial charge is 0.317 e. The molecule has 0 fully saturated rings. The van der Waals surface area contributed by atoms with Gasteiger partial charge in [0, 0.05) is 4.90 Å². The van der Waals surface area contributed by atoms with Gasteiger partial charge in [-0.2, -0.15) is 0 Å². The second kappa shape index (κ2) is 7.01. The summed E-state index contributed by atoms with van der Waals surface area (Å²) in [6.07, 6.45) is 0.547. The summed E-state index contributed by atoms with van der Waals surface area (Å²) in [5.41, 5.74) is 5.90.